The molecule has 0 radical (unpaired) electrons. The van der Waals surface area contributed by atoms with E-state index in [0.717, 1.165) is 30.4 Å². The molecular weight excluding hydrogens is 468 g/mol. The number of halogens is 6. The number of sulfonamides is 2. The first-order chi connectivity index (χ1) is 13.2. The number of alkyl halides is 6. The molecule has 8 nitrogen and oxygen atoms in total. The number of ether oxygens (including phenoxy) is 1. The van der Waals surface area contributed by atoms with Crippen LogP contribution in [0.25, 0.3) is 4.13 Å². The molecule has 0 spiro atoms. The van der Waals surface area contributed by atoms with E-state index in [0.29, 0.717) is 12.1 Å². The molecule has 1 N–H and O–H groups in total. The summed E-state index contributed by atoms with van der Waals surface area (Å²) in [6, 6.07) is 1.37. The number of nitrogens with zero attached hydrogens (tertiary/aromatic N) is 2. The summed E-state index contributed by atoms with van der Waals surface area (Å²) in [6.45, 7) is 12.9. The fourth-order valence-corrected chi connectivity index (χ4v) is 3.71. The molecule has 0 aromatic carbocycles. The largest absolute Gasteiger partial charge is 0.480 e. The number of hydrogen-bond acceptors (Lipinski definition) is 6. The van der Waals surface area contributed by atoms with E-state index in [-0.39, 0.29) is 0 Å². The zero-order chi connectivity index (χ0) is 24.6. The van der Waals surface area contributed by atoms with Gasteiger partial charge in [-0.1, -0.05) is 0 Å². The van der Waals surface area contributed by atoms with Crippen LogP contribution in [-0.2, 0) is 24.8 Å². The van der Waals surface area contributed by atoms with Gasteiger partial charge >= 0.3 is 11.0 Å². The molecule has 0 amide bonds. The topological polar surface area (TPSA) is 99.3 Å². The van der Waals surface area contributed by atoms with Crippen molar-refractivity contribution in [2.24, 2.45) is 0 Å². The van der Waals surface area contributed by atoms with Gasteiger partial charge in [0.15, 0.2) is 20.0 Å². The van der Waals surface area contributed by atoms with Gasteiger partial charge in [-0.05, 0) is 41.8 Å². The molecule has 0 atom stereocenters. The third kappa shape index (κ3) is 12.2. The average molecular weight is 498 g/mol. The molecule has 0 aromatic heterocycles. The minimum atomic E-state index is -6.72. The number of likely N-dealkylation sites (N-methyl/N-ethyl adjacent to an activating group) is 1. The highest BCUT2D eigenvalue weighted by atomic mass is 32.3. The fourth-order valence-electron chi connectivity index (χ4n) is 2.00. The Kier molecular flexibility index (Phi) is 13.0. The Balaban J connectivity index is 0. The Hall–Kier alpha value is -0.680. The molecule has 0 aromatic rings. The second-order valence-electron chi connectivity index (χ2n) is 6.97. The molecule has 30 heavy (non-hydrogen) atoms. The summed E-state index contributed by atoms with van der Waals surface area (Å²) in [7, 11) is -9.30. The van der Waals surface area contributed by atoms with Gasteiger partial charge < -0.3 is 18.7 Å². The van der Waals surface area contributed by atoms with Crippen LogP contribution in [0.1, 0.15) is 27.7 Å². The molecule has 0 saturated carbocycles. The minimum absolute atomic E-state index is 0.683. The molecule has 184 valence electrons. The van der Waals surface area contributed by atoms with Gasteiger partial charge in [0.2, 0.25) is 0 Å². The van der Waals surface area contributed by atoms with E-state index in [9.17, 15) is 43.2 Å². The van der Waals surface area contributed by atoms with E-state index in [4.69, 9.17) is 4.74 Å². The summed E-state index contributed by atoms with van der Waals surface area (Å²) in [6.07, 6.45) is 0. The normalized spacial score (nSPS) is 13.9. The molecule has 0 aliphatic heterocycles. The van der Waals surface area contributed by atoms with Crippen LogP contribution >= 0.6 is 0 Å². The van der Waals surface area contributed by atoms with Gasteiger partial charge in [0.05, 0.1) is 25.3 Å². The van der Waals surface area contributed by atoms with Crippen molar-refractivity contribution in [1.82, 2.24) is 4.90 Å². The van der Waals surface area contributed by atoms with E-state index < -0.39 is 31.1 Å². The lowest BCUT2D eigenvalue weighted by Gasteiger charge is -2.27. The van der Waals surface area contributed by atoms with Crippen LogP contribution in [0.4, 0.5) is 26.3 Å². The van der Waals surface area contributed by atoms with E-state index >= 15 is 0 Å². The molecule has 0 unspecified atom stereocenters. The van der Waals surface area contributed by atoms with Gasteiger partial charge in [0, 0.05) is 6.54 Å². The van der Waals surface area contributed by atoms with Crippen molar-refractivity contribution in [3.63, 3.8) is 0 Å². The van der Waals surface area contributed by atoms with Gasteiger partial charge in [-0.3, -0.25) is 0 Å². The van der Waals surface area contributed by atoms with E-state index in [1.165, 1.54) is 0 Å². The Labute approximate surface area is 173 Å². The first-order valence-corrected chi connectivity index (χ1v) is 11.5. The number of rotatable bonds is 10. The Morgan fingerprint density at radius 2 is 1.20 bits per heavy atom. The van der Waals surface area contributed by atoms with Crippen LogP contribution < -0.4 is 4.90 Å². The summed E-state index contributed by atoms with van der Waals surface area (Å²) in [5.74, 6) is 0. The second-order valence-corrected chi connectivity index (χ2v) is 10.4. The molecule has 0 rings (SSSR count). The number of hydrogen-bond donors (Lipinski definition) is 1. The van der Waals surface area contributed by atoms with Crippen molar-refractivity contribution in [2.75, 3.05) is 40.4 Å². The molecule has 0 fully saturated rings. The predicted octanol–water partition coefficient (Wildman–Crippen LogP) is 1.33. The summed E-state index contributed by atoms with van der Waals surface area (Å²) in [5, 5.41) is 0. The van der Waals surface area contributed by atoms with Gasteiger partial charge in [-0.25, -0.2) is 16.8 Å². The van der Waals surface area contributed by atoms with Gasteiger partial charge in [-0.15, -0.1) is 0 Å². The molecular formula is C14H29F6N3O5S2. The molecule has 0 heterocycles. The third-order valence-electron chi connectivity index (χ3n) is 3.48. The van der Waals surface area contributed by atoms with Crippen molar-refractivity contribution in [3.05, 3.63) is 4.13 Å². The zero-order valence-electron chi connectivity index (χ0n) is 17.5. The maximum atomic E-state index is 11.4. The average Bonchev–Trinajstić information content (AvgIpc) is 2.46. The smallest absolute Gasteiger partial charge is 0.421 e. The fraction of sp³-hybridized carbons (Fsp3) is 1.00. The third-order valence-corrected chi connectivity index (χ3v) is 6.22. The highest BCUT2D eigenvalue weighted by Gasteiger charge is 2.46. The first-order valence-electron chi connectivity index (χ1n) is 8.60. The van der Waals surface area contributed by atoms with Crippen molar-refractivity contribution < 1.29 is 52.8 Å². The quantitative estimate of drug-likeness (QED) is 0.361. The van der Waals surface area contributed by atoms with Gasteiger partial charge in [0.1, 0.15) is 6.54 Å². The minimum Gasteiger partial charge on any atom is -0.421 e. The van der Waals surface area contributed by atoms with Crippen LogP contribution in [0.5, 0.6) is 0 Å². The lowest BCUT2D eigenvalue weighted by molar-refractivity contribution is -0.942. The molecule has 0 aliphatic rings. The lowest BCUT2D eigenvalue weighted by atomic mass is 10.2. The Bertz CT molecular complexity index is 642. The highest BCUT2D eigenvalue weighted by molar-refractivity contribution is 8.13. The van der Waals surface area contributed by atoms with Crippen LogP contribution in [0.2, 0.25) is 0 Å². The van der Waals surface area contributed by atoms with Gasteiger partial charge in [0.25, 0.3) is 0 Å². The number of nitrogens with one attached hydrogen (secondary N) is 1. The first kappa shape index (κ1) is 31.5. The summed E-state index contributed by atoms with van der Waals surface area (Å²) in [5.41, 5.74) is -12.4. The summed E-state index contributed by atoms with van der Waals surface area (Å²) < 4.78 is 115. The highest BCUT2D eigenvalue weighted by Crippen LogP contribution is 2.36. The summed E-state index contributed by atoms with van der Waals surface area (Å²) in [4.78, 5) is 3.77. The number of quaternary nitrogens is 1. The zero-order valence-corrected chi connectivity index (χ0v) is 19.1. The van der Waals surface area contributed by atoms with Crippen molar-refractivity contribution >= 4 is 20.0 Å². The summed E-state index contributed by atoms with van der Waals surface area (Å²) >= 11 is 0. The van der Waals surface area contributed by atoms with E-state index in [1.54, 1.807) is 4.90 Å². The second kappa shape index (κ2) is 12.4. The standard InChI is InChI=1S/C12H28N2O.C2F6NO4S2/c1-11(2)14(12(3)4)8-10-15-9-7-13(5)6;3-1(4,5)14(10,11)9-15(12,13)2(6,7)8/h11-12H,7-10H2,1-6H3;/q;-1/p+1. The van der Waals surface area contributed by atoms with Crippen LogP contribution in [0.3, 0.4) is 0 Å². The Morgan fingerprint density at radius 3 is 1.47 bits per heavy atom. The van der Waals surface area contributed by atoms with Crippen molar-refractivity contribution in [1.29, 1.82) is 0 Å². The van der Waals surface area contributed by atoms with Gasteiger partial charge in [-0.2, -0.15) is 26.3 Å². The maximum Gasteiger partial charge on any atom is 0.480 e. The van der Waals surface area contributed by atoms with E-state index in [1.807, 2.05) is 0 Å². The van der Waals surface area contributed by atoms with Crippen molar-refractivity contribution in [3.8, 4) is 0 Å². The van der Waals surface area contributed by atoms with Crippen LogP contribution in [-0.4, -0.2) is 85.2 Å². The van der Waals surface area contributed by atoms with Crippen LogP contribution in [0.15, 0.2) is 0 Å². The predicted molar refractivity (Wildman–Crippen MR) is 98.8 cm³/mol. The molecule has 16 heteroatoms. The maximum absolute atomic E-state index is 11.4. The lowest BCUT2D eigenvalue weighted by Crippen LogP contribution is -3.18. The van der Waals surface area contributed by atoms with Crippen molar-refractivity contribution in [2.45, 2.75) is 50.8 Å². The molecule has 0 saturated heterocycles. The monoisotopic (exact) mass is 497 g/mol. The molecule has 0 bridgehead atoms. The van der Waals surface area contributed by atoms with Crippen LogP contribution in [0, 0.1) is 0 Å². The molecule has 0 aliphatic carbocycles. The SMILES string of the molecule is CC(C)[NH+](CCOCCN(C)C)C(C)C.O=S(=O)([N-]S(=O)(=O)C(F)(F)F)C(F)(F)F. The Morgan fingerprint density at radius 1 is 0.833 bits per heavy atom. The van der Waals surface area contributed by atoms with E-state index in [2.05, 4.69) is 46.7 Å².